The van der Waals surface area contributed by atoms with Crippen LogP contribution in [0.25, 0.3) is 0 Å². The number of carbonyl (C=O) groups is 1. The van der Waals surface area contributed by atoms with Gasteiger partial charge in [0.15, 0.2) is 0 Å². The smallest absolute Gasteiger partial charge is 0.322 e. The summed E-state index contributed by atoms with van der Waals surface area (Å²) in [5, 5.41) is 11.8. The minimum atomic E-state index is -0.770. The second-order valence-electron chi connectivity index (χ2n) is 2.93. The van der Waals surface area contributed by atoms with Gasteiger partial charge >= 0.3 is 5.97 Å². The Labute approximate surface area is 79.9 Å². The molecule has 78 valence electrons. The van der Waals surface area contributed by atoms with Gasteiger partial charge in [0, 0.05) is 6.54 Å². The lowest BCUT2D eigenvalue weighted by atomic mass is 10.2. The fourth-order valence-electron chi connectivity index (χ4n) is 1.22. The molecular weight excluding hydrogens is 168 g/mol. The number of likely N-dealkylation sites (N-methyl/N-ethyl adjacent to an activating group) is 2. The molecule has 0 saturated heterocycles. The average Bonchev–Trinajstić information content (AvgIpc) is 2.11. The van der Waals surface area contributed by atoms with E-state index in [2.05, 4.69) is 10.2 Å². The van der Waals surface area contributed by atoms with Crippen molar-refractivity contribution < 1.29 is 9.90 Å². The van der Waals surface area contributed by atoms with Crippen LogP contribution in [0.15, 0.2) is 0 Å². The Bertz CT molecular complexity index is 147. The number of aliphatic carboxylic acids is 1. The molecule has 0 heterocycles. The van der Waals surface area contributed by atoms with Crippen molar-refractivity contribution in [2.75, 3.05) is 26.2 Å². The van der Waals surface area contributed by atoms with E-state index in [4.69, 9.17) is 5.11 Å². The van der Waals surface area contributed by atoms with Gasteiger partial charge in [-0.15, -0.1) is 0 Å². The highest BCUT2D eigenvalue weighted by molar-refractivity contribution is 5.73. The minimum absolute atomic E-state index is 0.440. The molecule has 2 N–H and O–H groups in total. The maximum Gasteiger partial charge on any atom is 0.322 e. The zero-order valence-electron chi connectivity index (χ0n) is 8.71. The van der Waals surface area contributed by atoms with Crippen LogP contribution in [0.5, 0.6) is 0 Å². The van der Waals surface area contributed by atoms with E-state index >= 15 is 0 Å². The zero-order chi connectivity index (χ0) is 10.3. The minimum Gasteiger partial charge on any atom is -0.480 e. The van der Waals surface area contributed by atoms with E-state index in [0.717, 1.165) is 13.1 Å². The van der Waals surface area contributed by atoms with Crippen molar-refractivity contribution in [3.63, 3.8) is 0 Å². The van der Waals surface area contributed by atoms with Crippen LogP contribution in [-0.2, 0) is 4.79 Å². The molecule has 4 heteroatoms. The lowest BCUT2D eigenvalue weighted by molar-refractivity contribution is -0.139. The summed E-state index contributed by atoms with van der Waals surface area (Å²) in [6.45, 7) is 9.05. The Morgan fingerprint density at radius 3 is 2.23 bits per heavy atom. The zero-order valence-corrected chi connectivity index (χ0v) is 8.71. The summed E-state index contributed by atoms with van der Waals surface area (Å²) >= 11 is 0. The van der Waals surface area contributed by atoms with Crippen LogP contribution in [-0.4, -0.2) is 48.2 Å². The first-order chi connectivity index (χ1) is 6.15. The first kappa shape index (κ1) is 12.4. The summed E-state index contributed by atoms with van der Waals surface area (Å²) in [5.41, 5.74) is 0. The van der Waals surface area contributed by atoms with Gasteiger partial charge in [0.05, 0.1) is 0 Å². The van der Waals surface area contributed by atoms with Crippen molar-refractivity contribution in [2.24, 2.45) is 0 Å². The van der Waals surface area contributed by atoms with Crippen molar-refractivity contribution >= 4 is 5.97 Å². The Kier molecular flexibility index (Phi) is 6.54. The molecule has 13 heavy (non-hydrogen) atoms. The van der Waals surface area contributed by atoms with E-state index in [-0.39, 0.29) is 0 Å². The van der Waals surface area contributed by atoms with Crippen LogP contribution in [0.1, 0.15) is 20.8 Å². The highest BCUT2D eigenvalue weighted by Crippen LogP contribution is 1.92. The van der Waals surface area contributed by atoms with Crippen molar-refractivity contribution in [2.45, 2.75) is 26.8 Å². The molecule has 0 aromatic carbocycles. The molecule has 1 unspecified atom stereocenters. The number of rotatable bonds is 7. The van der Waals surface area contributed by atoms with Gasteiger partial charge < -0.3 is 15.3 Å². The molecule has 0 saturated carbocycles. The fraction of sp³-hybridized carbons (Fsp3) is 0.889. The standard InChI is InChI=1S/C9H20N2O2/c1-4-10-8(9(12)13)7-11(5-2)6-3/h8,10H,4-7H2,1-3H3,(H,12,13). The normalized spacial score (nSPS) is 13.2. The highest BCUT2D eigenvalue weighted by atomic mass is 16.4. The molecule has 0 aliphatic heterocycles. The molecule has 0 rings (SSSR count). The highest BCUT2D eigenvalue weighted by Gasteiger charge is 2.17. The third-order valence-corrected chi connectivity index (χ3v) is 2.08. The van der Waals surface area contributed by atoms with Crippen LogP contribution >= 0.6 is 0 Å². The molecule has 0 bridgehead atoms. The Morgan fingerprint density at radius 1 is 1.38 bits per heavy atom. The fourth-order valence-corrected chi connectivity index (χ4v) is 1.22. The van der Waals surface area contributed by atoms with Gasteiger partial charge in [0.2, 0.25) is 0 Å². The van der Waals surface area contributed by atoms with Gasteiger partial charge in [0.1, 0.15) is 6.04 Å². The van der Waals surface area contributed by atoms with Gasteiger partial charge in [-0.05, 0) is 19.6 Å². The molecule has 0 fully saturated rings. The number of carboxylic acid groups (broad SMARTS) is 1. The molecule has 0 aromatic rings. The summed E-state index contributed by atoms with van der Waals surface area (Å²) in [6.07, 6.45) is 0. The summed E-state index contributed by atoms with van der Waals surface area (Å²) in [5.74, 6) is -0.770. The van der Waals surface area contributed by atoms with Crippen molar-refractivity contribution in [3.05, 3.63) is 0 Å². The predicted molar refractivity (Wildman–Crippen MR) is 52.9 cm³/mol. The number of hydrogen-bond donors (Lipinski definition) is 2. The van der Waals surface area contributed by atoms with Gasteiger partial charge in [-0.25, -0.2) is 0 Å². The molecule has 1 atom stereocenters. The van der Waals surface area contributed by atoms with E-state index in [1.165, 1.54) is 0 Å². The van der Waals surface area contributed by atoms with Crippen molar-refractivity contribution in [1.82, 2.24) is 10.2 Å². The lowest BCUT2D eigenvalue weighted by Gasteiger charge is -2.22. The van der Waals surface area contributed by atoms with E-state index in [9.17, 15) is 4.79 Å². The average molecular weight is 188 g/mol. The van der Waals surface area contributed by atoms with Crippen LogP contribution in [0, 0.1) is 0 Å². The molecule has 4 nitrogen and oxygen atoms in total. The molecule has 0 aromatic heterocycles. The second kappa shape index (κ2) is 6.86. The van der Waals surface area contributed by atoms with Gasteiger partial charge in [-0.2, -0.15) is 0 Å². The van der Waals surface area contributed by atoms with Gasteiger partial charge in [-0.1, -0.05) is 20.8 Å². The quantitative estimate of drug-likeness (QED) is 0.607. The SMILES string of the molecule is CCNC(CN(CC)CC)C(=O)O. The van der Waals surface area contributed by atoms with Crippen LogP contribution in [0.4, 0.5) is 0 Å². The Hall–Kier alpha value is -0.610. The summed E-state index contributed by atoms with van der Waals surface area (Å²) in [7, 11) is 0. The van der Waals surface area contributed by atoms with Crippen LogP contribution in [0.2, 0.25) is 0 Å². The predicted octanol–water partition coefficient (Wildman–Crippen LogP) is 0.391. The van der Waals surface area contributed by atoms with Crippen molar-refractivity contribution in [3.8, 4) is 0 Å². The second-order valence-corrected chi connectivity index (χ2v) is 2.93. The Balaban J connectivity index is 3.99. The molecular formula is C9H20N2O2. The molecule has 0 aliphatic carbocycles. The van der Waals surface area contributed by atoms with E-state index in [1.54, 1.807) is 0 Å². The number of nitrogens with zero attached hydrogens (tertiary/aromatic N) is 1. The van der Waals surface area contributed by atoms with Crippen LogP contribution in [0.3, 0.4) is 0 Å². The molecule has 0 amide bonds. The summed E-state index contributed by atoms with van der Waals surface area (Å²) < 4.78 is 0. The number of nitrogens with one attached hydrogen (secondary N) is 1. The van der Waals surface area contributed by atoms with E-state index in [0.29, 0.717) is 13.1 Å². The first-order valence-electron chi connectivity index (χ1n) is 4.84. The molecule has 0 aliphatic rings. The van der Waals surface area contributed by atoms with Crippen molar-refractivity contribution in [1.29, 1.82) is 0 Å². The van der Waals surface area contributed by atoms with Gasteiger partial charge in [-0.3, -0.25) is 4.79 Å². The summed E-state index contributed by atoms with van der Waals surface area (Å²) in [6, 6.07) is -0.440. The third kappa shape index (κ3) is 4.85. The monoisotopic (exact) mass is 188 g/mol. The maximum absolute atomic E-state index is 10.8. The van der Waals surface area contributed by atoms with E-state index in [1.807, 2.05) is 20.8 Å². The van der Waals surface area contributed by atoms with Gasteiger partial charge in [0.25, 0.3) is 0 Å². The lowest BCUT2D eigenvalue weighted by Crippen LogP contribution is -2.46. The number of carboxylic acids is 1. The van der Waals surface area contributed by atoms with E-state index < -0.39 is 12.0 Å². The largest absolute Gasteiger partial charge is 0.480 e. The first-order valence-corrected chi connectivity index (χ1v) is 4.84. The Morgan fingerprint density at radius 2 is 1.92 bits per heavy atom. The van der Waals surface area contributed by atoms with Crippen LogP contribution < -0.4 is 5.32 Å². The number of hydrogen-bond acceptors (Lipinski definition) is 3. The molecule has 0 spiro atoms. The third-order valence-electron chi connectivity index (χ3n) is 2.08. The topological polar surface area (TPSA) is 52.6 Å². The maximum atomic E-state index is 10.8. The molecule has 0 radical (unpaired) electrons. The summed E-state index contributed by atoms with van der Waals surface area (Å²) in [4.78, 5) is 12.9.